The Morgan fingerprint density at radius 2 is 2.00 bits per heavy atom. The van der Waals surface area contributed by atoms with Crippen LogP contribution >= 0.6 is 0 Å². The Morgan fingerprint density at radius 3 is 2.69 bits per heavy atom. The summed E-state index contributed by atoms with van der Waals surface area (Å²) in [4.78, 5) is 23.0. The van der Waals surface area contributed by atoms with E-state index in [1.54, 1.807) is 25.3 Å². The second-order valence-corrected chi connectivity index (χ2v) is 10.0. The first kappa shape index (κ1) is 24.3. The molecule has 3 heterocycles. The van der Waals surface area contributed by atoms with Crippen molar-refractivity contribution in [1.29, 1.82) is 5.26 Å². The lowest BCUT2D eigenvalue weighted by atomic mass is 9.78. The Kier molecular flexibility index (Phi) is 6.71. The fourth-order valence-corrected chi connectivity index (χ4v) is 6.04. The monoisotopic (exact) mass is 493 g/mol. The third-order valence-corrected chi connectivity index (χ3v) is 7.86. The Bertz CT molecular complexity index is 1170. The molecule has 0 unspecified atom stereocenters. The molecule has 1 spiro atoms. The standard InChI is InChI=1S/C27H32FN5O3/c1-3-36-26(34)33-17-27(18-33)7-6-21(14-27)31-8-10-32(11-9-31)25-24(13-20(28)16-30-25)23-5-4-22(35-2)12-19(23)15-29/h4-5,12-13,16,21H,3,6-11,14,17-18H2,1-2H3/t21-/m1/s1. The van der Waals surface area contributed by atoms with E-state index >= 15 is 0 Å². The fraction of sp³-hybridized carbons (Fsp3) is 0.519. The molecule has 2 aliphatic heterocycles. The van der Waals surface area contributed by atoms with Crippen molar-refractivity contribution in [2.24, 2.45) is 5.41 Å². The highest BCUT2D eigenvalue weighted by molar-refractivity contribution is 5.80. The lowest BCUT2D eigenvalue weighted by Gasteiger charge is -2.48. The number of nitriles is 1. The number of rotatable bonds is 5. The van der Waals surface area contributed by atoms with Crippen molar-refractivity contribution in [2.45, 2.75) is 32.2 Å². The van der Waals surface area contributed by atoms with Crippen LogP contribution in [0.4, 0.5) is 15.0 Å². The number of amides is 1. The number of benzene rings is 1. The predicted molar refractivity (Wildman–Crippen MR) is 133 cm³/mol. The van der Waals surface area contributed by atoms with Gasteiger partial charge < -0.3 is 19.3 Å². The summed E-state index contributed by atoms with van der Waals surface area (Å²) in [7, 11) is 1.55. The Balaban J connectivity index is 1.25. The third kappa shape index (κ3) is 4.58. The molecule has 0 N–H and O–H groups in total. The number of aromatic nitrogens is 1. The van der Waals surface area contributed by atoms with E-state index in [4.69, 9.17) is 9.47 Å². The van der Waals surface area contributed by atoms with E-state index in [-0.39, 0.29) is 11.5 Å². The van der Waals surface area contributed by atoms with Crippen LogP contribution < -0.4 is 9.64 Å². The van der Waals surface area contributed by atoms with E-state index in [1.165, 1.54) is 12.3 Å². The number of anilines is 1. The summed E-state index contributed by atoms with van der Waals surface area (Å²) in [5.74, 6) is 0.853. The van der Waals surface area contributed by atoms with Crippen LogP contribution in [0, 0.1) is 22.6 Å². The first-order valence-electron chi connectivity index (χ1n) is 12.6. The quantitative estimate of drug-likeness (QED) is 0.625. The second-order valence-electron chi connectivity index (χ2n) is 10.0. The molecule has 3 aliphatic rings. The summed E-state index contributed by atoms with van der Waals surface area (Å²) >= 11 is 0. The number of ether oxygens (including phenoxy) is 2. The van der Waals surface area contributed by atoms with Crippen molar-refractivity contribution in [2.75, 3.05) is 57.9 Å². The molecule has 0 bridgehead atoms. The molecule has 2 aromatic rings. The number of hydrogen-bond acceptors (Lipinski definition) is 7. The number of hydrogen-bond donors (Lipinski definition) is 0. The van der Waals surface area contributed by atoms with Crippen LogP contribution in [0.3, 0.4) is 0 Å². The molecule has 1 saturated carbocycles. The molecular formula is C27H32FN5O3. The van der Waals surface area contributed by atoms with Gasteiger partial charge in [-0.1, -0.05) is 0 Å². The Morgan fingerprint density at radius 1 is 1.22 bits per heavy atom. The third-order valence-electron chi connectivity index (χ3n) is 7.86. The molecule has 1 aromatic heterocycles. The van der Waals surface area contributed by atoms with Gasteiger partial charge in [-0.2, -0.15) is 5.26 Å². The first-order valence-corrected chi connectivity index (χ1v) is 12.6. The normalized spacial score (nSPS) is 21.2. The van der Waals surface area contributed by atoms with E-state index in [2.05, 4.69) is 20.9 Å². The SMILES string of the molecule is CCOC(=O)N1CC2(CC[C@@H](N3CCN(c4ncc(F)cc4-c4ccc(OC)cc4C#N)CC3)C2)C1. The zero-order chi connectivity index (χ0) is 25.3. The van der Waals surface area contributed by atoms with E-state index in [9.17, 15) is 14.4 Å². The van der Waals surface area contributed by atoms with Crippen molar-refractivity contribution < 1.29 is 18.7 Å². The van der Waals surface area contributed by atoms with Crippen LogP contribution in [0.25, 0.3) is 11.1 Å². The maximum atomic E-state index is 14.3. The van der Waals surface area contributed by atoms with Crippen molar-refractivity contribution in [3.8, 4) is 22.9 Å². The molecule has 1 amide bonds. The zero-order valence-electron chi connectivity index (χ0n) is 20.9. The van der Waals surface area contributed by atoms with Crippen molar-refractivity contribution >= 4 is 11.9 Å². The molecule has 190 valence electrons. The fourth-order valence-electron chi connectivity index (χ4n) is 6.04. The van der Waals surface area contributed by atoms with Gasteiger partial charge in [-0.25, -0.2) is 14.2 Å². The molecule has 5 rings (SSSR count). The van der Waals surface area contributed by atoms with Gasteiger partial charge in [-0.3, -0.25) is 4.90 Å². The van der Waals surface area contributed by atoms with Gasteiger partial charge in [0.1, 0.15) is 17.4 Å². The van der Waals surface area contributed by atoms with Crippen LogP contribution in [0.1, 0.15) is 31.7 Å². The van der Waals surface area contributed by atoms with Gasteiger partial charge in [0.25, 0.3) is 0 Å². The molecule has 36 heavy (non-hydrogen) atoms. The highest BCUT2D eigenvalue weighted by atomic mass is 19.1. The number of halogens is 1. The molecule has 8 nitrogen and oxygen atoms in total. The van der Waals surface area contributed by atoms with Gasteiger partial charge >= 0.3 is 6.09 Å². The minimum absolute atomic E-state index is 0.195. The lowest BCUT2D eigenvalue weighted by molar-refractivity contribution is -0.00294. The smallest absolute Gasteiger partial charge is 0.409 e. The highest BCUT2D eigenvalue weighted by Crippen LogP contribution is 2.47. The number of pyridine rings is 1. The van der Waals surface area contributed by atoms with Crippen LogP contribution in [0.15, 0.2) is 30.5 Å². The van der Waals surface area contributed by atoms with E-state index in [1.807, 2.05) is 11.8 Å². The molecule has 1 aromatic carbocycles. The minimum Gasteiger partial charge on any atom is -0.497 e. The van der Waals surface area contributed by atoms with Gasteiger partial charge in [0, 0.05) is 61.9 Å². The largest absolute Gasteiger partial charge is 0.497 e. The zero-order valence-corrected chi connectivity index (χ0v) is 20.9. The van der Waals surface area contributed by atoms with Crippen molar-refractivity contribution in [3.63, 3.8) is 0 Å². The summed E-state index contributed by atoms with van der Waals surface area (Å²) < 4.78 is 24.6. The van der Waals surface area contributed by atoms with Gasteiger partial charge in [-0.15, -0.1) is 0 Å². The number of nitrogens with zero attached hydrogens (tertiary/aromatic N) is 5. The average molecular weight is 494 g/mol. The first-order chi connectivity index (χ1) is 17.4. The van der Waals surface area contributed by atoms with E-state index < -0.39 is 5.82 Å². The second kappa shape index (κ2) is 9.94. The minimum atomic E-state index is -0.430. The van der Waals surface area contributed by atoms with Crippen LogP contribution in [0.5, 0.6) is 5.75 Å². The maximum absolute atomic E-state index is 14.3. The van der Waals surface area contributed by atoms with Gasteiger partial charge in [0.15, 0.2) is 0 Å². The van der Waals surface area contributed by atoms with Gasteiger partial charge in [0.2, 0.25) is 0 Å². The number of carbonyl (C=O) groups excluding carboxylic acids is 1. The summed E-state index contributed by atoms with van der Waals surface area (Å²) in [6.07, 6.45) is 4.45. The van der Waals surface area contributed by atoms with Crippen molar-refractivity contribution in [1.82, 2.24) is 14.8 Å². The molecule has 9 heteroatoms. The molecule has 1 atom stereocenters. The van der Waals surface area contributed by atoms with Gasteiger partial charge in [0.05, 0.1) is 31.5 Å². The molecule has 1 aliphatic carbocycles. The van der Waals surface area contributed by atoms with Crippen LogP contribution in [-0.2, 0) is 4.74 Å². The summed E-state index contributed by atoms with van der Waals surface area (Å²) in [6.45, 7) is 7.20. The molecule has 2 saturated heterocycles. The van der Waals surface area contributed by atoms with E-state index in [0.717, 1.165) is 58.5 Å². The number of likely N-dealkylation sites (tertiary alicyclic amines) is 1. The number of methoxy groups -OCH3 is 1. The summed E-state index contributed by atoms with van der Waals surface area (Å²) in [5, 5.41) is 9.70. The van der Waals surface area contributed by atoms with Crippen molar-refractivity contribution in [3.05, 3.63) is 41.8 Å². The number of piperazine rings is 1. The number of carbonyl (C=O) groups is 1. The van der Waals surface area contributed by atoms with Crippen LogP contribution in [-0.4, -0.2) is 79.9 Å². The lowest BCUT2D eigenvalue weighted by Crippen LogP contribution is -2.58. The van der Waals surface area contributed by atoms with E-state index in [0.29, 0.717) is 40.9 Å². The summed E-state index contributed by atoms with van der Waals surface area (Å²) in [6, 6.07) is 9.43. The van der Waals surface area contributed by atoms with Crippen LogP contribution in [0.2, 0.25) is 0 Å². The summed E-state index contributed by atoms with van der Waals surface area (Å²) in [5.41, 5.74) is 1.94. The Labute approximate surface area is 211 Å². The average Bonchev–Trinajstić information content (AvgIpc) is 3.34. The molecule has 0 radical (unpaired) electrons. The molecule has 3 fully saturated rings. The predicted octanol–water partition coefficient (Wildman–Crippen LogP) is 3.90. The highest BCUT2D eigenvalue weighted by Gasteiger charge is 2.51. The maximum Gasteiger partial charge on any atom is 0.409 e. The Hall–Kier alpha value is -3.38. The van der Waals surface area contributed by atoms with Gasteiger partial charge in [-0.05, 0) is 50.5 Å². The molecular weight excluding hydrogens is 461 g/mol. The topological polar surface area (TPSA) is 81.9 Å².